The van der Waals surface area contributed by atoms with Crippen molar-refractivity contribution in [3.05, 3.63) is 42.4 Å². The molecular formula is C26H39N3O3. The first-order chi connectivity index (χ1) is 15.3. The molecule has 2 aliphatic heterocycles. The number of rotatable bonds is 3. The zero-order valence-corrected chi connectivity index (χ0v) is 20.7. The quantitative estimate of drug-likeness (QED) is 0.576. The number of hydrogen-bond donors (Lipinski definition) is 0. The summed E-state index contributed by atoms with van der Waals surface area (Å²) in [7, 11) is 0. The molecule has 0 radical (unpaired) electrons. The smallest absolute Gasteiger partial charge is 0.410 e. The van der Waals surface area contributed by atoms with Crippen molar-refractivity contribution in [2.45, 2.75) is 79.4 Å². The number of nitrogens with zero attached hydrogens (tertiary/aromatic N) is 3. The summed E-state index contributed by atoms with van der Waals surface area (Å²) in [4.78, 5) is 31.2. The van der Waals surface area contributed by atoms with Gasteiger partial charge in [-0.25, -0.2) is 9.78 Å². The van der Waals surface area contributed by atoms with E-state index in [0.717, 1.165) is 11.3 Å². The normalized spacial score (nSPS) is 17.2. The first-order valence-corrected chi connectivity index (χ1v) is 12.0. The molecular weight excluding hydrogens is 402 g/mol. The van der Waals surface area contributed by atoms with Gasteiger partial charge in [-0.15, -0.1) is 0 Å². The second-order valence-electron chi connectivity index (χ2n) is 8.70. The summed E-state index contributed by atoms with van der Waals surface area (Å²) < 4.78 is 7.55. The molecule has 3 heterocycles. The summed E-state index contributed by atoms with van der Waals surface area (Å²) in [6.45, 7) is 14.7. The van der Waals surface area contributed by atoms with Crippen LogP contribution in [0.4, 0.5) is 4.79 Å². The van der Waals surface area contributed by atoms with Gasteiger partial charge in [0.1, 0.15) is 11.4 Å². The molecule has 1 aromatic heterocycles. The lowest BCUT2D eigenvalue weighted by atomic mass is 9.88. The highest BCUT2D eigenvalue weighted by Gasteiger charge is 2.34. The Morgan fingerprint density at radius 2 is 1.69 bits per heavy atom. The lowest BCUT2D eigenvalue weighted by molar-refractivity contribution is -0.124. The van der Waals surface area contributed by atoms with E-state index in [-0.39, 0.29) is 23.8 Å². The van der Waals surface area contributed by atoms with Crippen LogP contribution < -0.4 is 0 Å². The Balaban J connectivity index is 0.000000860. The molecule has 176 valence electrons. The molecule has 1 amide bonds. The molecule has 1 fully saturated rings. The molecule has 2 aromatic rings. The predicted octanol–water partition coefficient (Wildman–Crippen LogP) is 6.11. The van der Waals surface area contributed by atoms with Crippen molar-refractivity contribution in [1.82, 2.24) is 14.5 Å². The van der Waals surface area contributed by atoms with E-state index < -0.39 is 5.60 Å². The molecule has 0 saturated carbocycles. The molecule has 6 nitrogen and oxygen atoms in total. The molecule has 0 spiro atoms. The summed E-state index contributed by atoms with van der Waals surface area (Å²) in [6, 6.07) is 8.26. The Morgan fingerprint density at radius 3 is 2.31 bits per heavy atom. The third-order valence-corrected chi connectivity index (χ3v) is 5.59. The van der Waals surface area contributed by atoms with Gasteiger partial charge in [-0.05, 0) is 39.2 Å². The standard InChI is InChI=1S/C22H27N3O3.2C2H6/c1-22(2,3)28-21(27)24-10-8-15(9-11-24)20(26)12-18-16-6-4-5-7-17(16)19-13-23-14-25(18)19;2*1-2/h4-7,13-15,18H,8-12H2,1-3H3;2*1-2H3. The fraction of sp³-hybridized carbons (Fsp3) is 0.577. The van der Waals surface area contributed by atoms with Crippen LogP contribution in [0.1, 0.15) is 79.3 Å². The van der Waals surface area contributed by atoms with Gasteiger partial charge in [0.25, 0.3) is 0 Å². The number of piperidine rings is 1. The van der Waals surface area contributed by atoms with E-state index >= 15 is 0 Å². The van der Waals surface area contributed by atoms with Crippen LogP contribution >= 0.6 is 0 Å². The summed E-state index contributed by atoms with van der Waals surface area (Å²) in [6.07, 6.45) is 5.26. The second kappa shape index (κ2) is 11.3. The lowest BCUT2D eigenvalue weighted by Gasteiger charge is -2.33. The Morgan fingerprint density at radius 1 is 1.06 bits per heavy atom. The minimum absolute atomic E-state index is 0.00146. The van der Waals surface area contributed by atoms with E-state index in [0.29, 0.717) is 32.4 Å². The van der Waals surface area contributed by atoms with Gasteiger partial charge in [0.05, 0.1) is 24.3 Å². The molecule has 0 bridgehead atoms. The van der Waals surface area contributed by atoms with Crippen molar-refractivity contribution in [3.63, 3.8) is 0 Å². The SMILES string of the molecule is CC.CC.CC(C)(C)OC(=O)N1CCC(C(=O)CC2c3ccccc3-c3cncn32)CC1. The van der Waals surface area contributed by atoms with Gasteiger partial charge in [0.2, 0.25) is 0 Å². The topological polar surface area (TPSA) is 64.4 Å². The average Bonchev–Trinajstić information content (AvgIpc) is 3.38. The van der Waals surface area contributed by atoms with Crippen LogP contribution in [0.25, 0.3) is 11.3 Å². The van der Waals surface area contributed by atoms with Crippen LogP contribution in [0.3, 0.4) is 0 Å². The van der Waals surface area contributed by atoms with Gasteiger partial charge in [0, 0.05) is 31.0 Å². The monoisotopic (exact) mass is 441 g/mol. The summed E-state index contributed by atoms with van der Waals surface area (Å²) >= 11 is 0. The molecule has 32 heavy (non-hydrogen) atoms. The third-order valence-electron chi connectivity index (χ3n) is 5.59. The fourth-order valence-corrected chi connectivity index (χ4v) is 4.21. The highest BCUT2D eigenvalue weighted by molar-refractivity contribution is 5.83. The van der Waals surface area contributed by atoms with Crippen LogP contribution in [0.2, 0.25) is 0 Å². The zero-order valence-electron chi connectivity index (χ0n) is 20.7. The predicted molar refractivity (Wildman–Crippen MR) is 129 cm³/mol. The highest BCUT2D eigenvalue weighted by Crippen LogP contribution is 2.41. The van der Waals surface area contributed by atoms with Crippen molar-refractivity contribution in [2.75, 3.05) is 13.1 Å². The lowest BCUT2D eigenvalue weighted by Crippen LogP contribution is -2.43. The molecule has 1 atom stereocenters. The first-order valence-electron chi connectivity index (χ1n) is 12.0. The molecule has 1 aromatic carbocycles. The van der Waals surface area contributed by atoms with E-state index in [2.05, 4.69) is 21.7 Å². The van der Waals surface area contributed by atoms with Crippen LogP contribution in [-0.4, -0.2) is 45.0 Å². The second-order valence-corrected chi connectivity index (χ2v) is 8.70. The van der Waals surface area contributed by atoms with Crippen LogP contribution in [0.5, 0.6) is 0 Å². The number of amides is 1. The largest absolute Gasteiger partial charge is 0.444 e. The van der Waals surface area contributed by atoms with Crippen molar-refractivity contribution in [2.24, 2.45) is 5.92 Å². The van der Waals surface area contributed by atoms with E-state index in [1.54, 1.807) is 4.90 Å². The number of carbonyl (C=O) groups is 2. The number of carbonyl (C=O) groups excluding carboxylic acids is 2. The number of fused-ring (bicyclic) bond motifs is 3. The van der Waals surface area contributed by atoms with Crippen LogP contribution in [0.15, 0.2) is 36.8 Å². The maximum absolute atomic E-state index is 13.0. The zero-order chi connectivity index (χ0) is 23.9. The Kier molecular flexibility index (Phi) is 9.05. The Hall–Kier alpha value is -2.63. The van der Waals surface area contributed by atoms with Crippen molar-refractivity contribution in [1.29, 1.82) is 0 Å². The number of ketones is 1. The summed E-state index contributed by atoms with van der Waals surface area (Å²) in [5.41, 5.74) is 2.94. The van der Waals surface area contributed by atoms with Crippen LogP contribution in [-0.2, 0) is 9.53 Å². The van der Waals surface area contributed by atoms with E-state index in [4.69, 9.17) is 4.74 Å². The van der Waals surface area contributed by atoms with Gasteiger partial charge in [-0.2, -0.15) is 0 Å². The molecule has 4 rings (SSSR count). The number of hydrogen-bond acceptors (Lipinski definition) is 4. The molecule has 1 saturated heterocycles. The van der Waals surface area contributed by atoms with Gasteiger partial charge in [0.15, 0.2) is 0 Å². The number of likely N-dealkylation sites (tertiary alicyclic amines) is 1. The number of imidazole rings is 1. The number of Topliss-reactive ketones (excluding diaryl/α,β-unsaturated/α-hetero) is 1. The molecule has 2 aliphatic rings. The van der Waals surface area contributed by atoms with E-state index in [1.165, 1.54) is 5.56 Å². The van der Waals surface area contributed by atoms with E-state index in [9.17, 15) is 9.59 Å². The third kappa shape index (κ3) is 5.78. The highest BCUT2D eigenvalue weighted by atomic mass is 16.6. The number of ether oxygens (including phenoxy) is 1. The maximum Gasteiger partial charge on any atom is 0.410 e. The van der Waals surface area contributed by atoms with Crippen molar-refractivity contribution < 1.29 is 14.3 Å². The fourth-order valence-electron chi connectivity index (χ4n) is 4.21. The van der Waals surface area contributed by atoms with Crippen molar-refractivity contribution >= 4 is 11.9 Å². The van der Waals surface area contributed by atoms with Gasteiger partial charge < -0.3 is 14.2 Å². The Labute approximate surface area is 193 Å². The van der Waals surface area contributed by atoms with Gasteiger partial charge in [-0.1, -0.05) is 52.0 Å². The van der Waals surface area contributed by atoms with Gasteiger partial charge >= 0.3 is 6.09 Å². The minimum atomic E-state index is -0.498. The van der Waals surface area contributed by atoms with Gasteiger partial charge in [-0.3, -0.25) is 4.79 Å². The summed E-state index contributed by atoms with van der Waals surface area (Å²) in [5.74, 6) is 0.267. The number of benzene rings is 1. The first kappa shape index (κ1) is 25.6. The average molecular weight is 442 g/mol. The molecule has 1 unspecified atom stereocenters. The van der Waals surface area contributed by atoms with Crippen LogP contribution in [0, 0.1) is 5.92 Å². The number of aromatic nitrogens is 2. The Bertz CT molecular complexity index is 890. The van der Waals surface area contributed by atoms with Crippen molar-refractivity contribution in [3.8, 4) is 11.3 Å². The van der Waals surface area contributed by atoms with E-state index in [1.807, 2.05) is 73.1 Å². The maximum atomic E-state index is 13.0. The summed E-state index contributed by atoms with van der Waals surface area (Å²) in [5, 5.41) is 0. The molecule has 6 heteroatoms. The molecule has 0 aliphatic carbocycles. The minimum Gasteiger partial charge on any atom is -0.444 e. The molecule has 0 N–H and O–H groups in total.